The summed E-state index contributed by atoms with van der Waals surface area (Å²) >= 11 is 0. The fourth-order valence-corrected chi connectivity index (χ4v) is 9.82. The average molecular weight is 982 g/mol. The van der Waals surface area contributed by atoms with E-state index >= 15 is 0 Å². The first-order valence-corrected chi connectivity index (χ1v) is 28.8. The quantitative estimate of drug-likeness (QED) is 0.0347. The monoisotopic (exact) mass is 982 g/mol. The van der Waals surface area contributed by atoms with Crippen molar-refractivity contribution in [2.75, 3.05) is 19.8 Å². The van der Waals surface area contributed by atoms with E-state index in [-0.39, 0.29) is 0 Å². The molecule has 390 valence electrons. The van der Waals surface area contributed by atoms with E-state index in [9.17, 15) is 0 Å². The van der Waals surface area contributed by atoms with Crippen molar-refractivity contribution >= 4 is 17.3 Å². The second-order valence-electron chi connectivity index (χ2n) is 20.1. The minimum atomic E-state index is 0.532. The van der Waals surface area contributed by atoms with Crippen LogP contribution >= 0.6 is 0 Å². The first kappa shape index (κ1) is 54.3. The van der Waals surface area contributed by atoms with E-state index in [1.807, 2.05) is 86.0 Å². The van der Waals surface area contributed by atoms with Gasteiger partial charge in [-0.25, -0.2) is 13.2 Å². The zero-order valence-corrected chi connectivity index (χ0v) is 44.5. The van der Waals surface area contributed by atoms with Crippen molar-refractivity contribution in [2.24, 2.45) is 0 Å². The smallest absolute Gasteiger partial charge is 0.247 e. The minimum Gasteiger partial charge on any atom is -0.494 e. The Labute approximate surface area is 431 Å². The van der Waals surface area contributed by atoms with Gasteiger partial charge in [-0.3, -0.25) is 0 Å². The predicted molar refractivity (Wildman–Crippen MR) is 294 cm³/mol. The van der Waals surface area contributed by atoms with Gasteiger partial charge < -0.3 is 14.2 Å². The van der Waals surface area contributed by atoms with Crippen LogP contribution < -0.4 is 14.2 Å². The van der Waals surface area contributed by atoms with E-state index in [1.54, 1.807) is 0 Å². The molecule has 7 aromatic rings. The fraction of sp³-hybridized carbons (Fsp3) is 0.600. The summed E-state index contributed by atoms with van der Waals surface area (Å²) in [5.74, 6) is 6.00. The highest BCUT2D eigenvalue weighted by Crippen LogP contribution is 2.31. The van der Waals surface area contributed by atoms with Gasteiger partial charge in [0.05, 0.1) is 19.8 Å². The molecule has 4 heterocycles. The van der Waals surface area contributed by atoms with Gasteiger partial charge in [0.2, 0.25) is 17.3 Å². The zero-order chi connectivity index (χ0) is 49.8. The number of ether oxygens (including phenoxy) is 3. The summed E-state index contributed by atoms with van der Waals surface area (Å²) in [4.78, 5) is 0. The molecule has 0 fully saturated rings. The highest BCUT2D eigenvalue weighted by atomic mass is 16.5. The van der Waals surface area contributed by atoms with Gasteiger partial charge in [0.25, 0.3) is 0 Å². The third kappa shape index (κ3) is 16.2. The molecule has 0 saturated heterocycles. The largest absolute Gasteiger partial charge is 0.494 e. The molecular formula is C60H87N9O3. The third-order valence-corrected chi connectivity index (χ3v) is 14.2. The van der Waals surface area contributed by atoms with Crippen LogP contribution in [0.4, 0.5) is 0 Å². The molecule has 0 spiro atoms. The maximum absolute atomic E-state index is 6.20. The summed E-state index contributed by atoms with van der Waals surface area (Å²) in [5, 5.41) is 28.7. The second kappa shape index (κ2) is 31.2. The minimum absolute atomic E-state index is 0.532. The standard InChI is InChI=1S/C60H87N9O3/c1-4-7-10-13-16-19-22-25-28-31-46-70-52-40-34-49(35-41-52)55-61-64-58-67(55)59-65-62-56(50-36-42-53(43-37-50)71-47-32-29-26-23-20-17-14-11-8-5-2)69(59)60-66-63-57(68(58)60)51-38-44-54(45-39-51)72-48-33-30-27-24-21-18-15-12-9-6-3/h34-45H,4-33,46-48H2,1-3H3. The average Bonchev–Trinajstić information content (AvgIpc) is 4.17. The van der Waals surface area contributed by atoms with Crippen LogP contribution in [0.5, 0.6) is 17.2 Å². The van der Waals surface area contributed by atoms with Crippen molar-refractivity contribution in [3.63, 3.8) is 0 Å². The topological polar surface area (TPSA) is 118 Å². The number of benzene rings is 3. The van der Waals surface area contributed by atoms with Crippen LogP contribution in [-0.2, 0) is 0 Å². The molecule has 0 aliphatic heterocycles. The molecular weight excluding hydrogens is 895 g/mol. The summed E-state index contributed by atoms with van der Waals surface area (Å²) in [7, 11) is 0. The number of fused-ring (bicyclic) bond motifs is 6. The number of aromatic nitrogens is 9. The van der Waals surface area contributed by atoms with Crippen molar-refractivity contribution in [1.82, 2.24) is 43.8 Å². The molecule has 12 heteroatoms. The molecule has 4 aromatic heterocycles. The third-order valence-electron chi connectivity index (χ3n) is 14.2. The molecule has 0 N–H and O–H groups in total. The molecule has 0 amide bonds. The van der Waals surface area contributed by atoms with E-state index in [1.165, 1.54) is 173 Å². The van der Waals surface area contributed by atoms with Crippen LogP contribution in [0.1, 0.15) is 213 Å². The lowest BCUT2D eigenvalue weighted by atomic mass is 10.1. The van der Waals surface area contributed by atoms with Crippen molar-refractivity contribution in [1.29, 1.82) is 0 Å². The second-order valence-corrected chi connectivity index (χ2v) is 20.1. The van der Waals surface area contributed by atoms with Crippen molar-refractivity contribution in [2.45, 2.75) is 213 Å². The van der Waals surface area contributed by atoms with Crippen LogP contribution in [0.15, 0.2) is 72.8 Å². The van der Waals surface area contributed by atoms with Gasteiger partial charge in [0, 0.05) is 16.7 Å². The summed E-state index contributed by atoms with van der Waals surface area (Å²) in [6.07, 6.45) is 39.0. The SMILES string of the molecule is CCCCCCCCCCCCOc1ccc(-c2nnc3n2c2nnc(-c4ccc(OCCCCCCCCCCCC)cc4)n2c2nnc(-c4ccc(OCCCCCCCCCCCC)cc4)n32)cc1. The molecule has 0 bridgehead atoms. The molecule has 7 rings (SSSR count). The van der Waals surface area contributed by atoms with Crippen LogP contribution in [0.3, 0.4) is 0 Å². The normalized spacial score (nSPS) is 11.7. The Balaban J connectivity index is 1.04. The molecule has 0 saturated carbocycles. The Morgan fingerprint density at radius 2 is 0.472 bits per heavy atom. The molecule has 12 nitrogen and oxygen atoms in total. The highest BCUT2D eigenvalue weighted by molar-refractivity contribution is 5.72. The lowest BCUT2D eigenvalue weighted by molar-refractivity contribution is 0.304. The fourth-order valence-electron chi connectivity index (χ4n) is 9.82. The summed E-state index contributed by atoms with van der Waals surface area (Å²) in [5.41, 5.74) is 2.63. The summed E-state index contributed by atoms with van der Waals surface area (Å²) < 4.78 is 24.4. The highest BCUT2D eigenvalue weighted by Gasteiger charge is 2.25. The molecule has 0 radical (unpaired) electrons. The van der Waals surface area contributed by atoms with Crippen LogP contribution in [0.2, 0.25) is 0 Å². The molecule has 0 unspecified atom stereocenters. The van der Waals surface area contributed by atoms with Gasteiger partial charge in [0.15, 0.2) is 17.5 Å². The van der Waals surface area contributed by atoms with Crippen LogP contribution in [0.25, 0.3) is 51.5 Å². The first-order valence-electron chi connectivity index (χ1n) is 28.8. The van der Waals surface area contributed by atoms with E-state index in [0.717, 1.165) is 53.2 Å². The molecule has 0 atom stereocenters. The van der Waals surface area contributed by atoms with Crippen LogP contribution in [-0.4, -0.2) is 63.6 Å². The lowest BCUT2D eigenvalue weighted by Crippen LogP contribution is -2.07. The van der Waals surface area contributed by atoms with Gasteiger partial charge in [-0.15, -0.1) is 30.6 Å². The van der Waals surface area contributed by atoms with E-state index in [4.69, 9.17) is 44.8 Å². The Morgan fingerprint density at radius 3 is 0.694 bits per heavy atom. The Hall–Kier alpha value is -5.52. The first-order chi connectivity index (χ1) is 35.7. The zero-order valence-electron chi connectivity index (χ0n) is 44.5. The predicted octanol–water partition coefficient (Wildman–Crippen LogP) is 16.7. The molecule has 72 heavy (non-hydrogen) atoms. The van der Waals surface area contributed by atoms with Gasteiger partial charge in [-0.1, -0.05) is 194 Å². The Bertz CT molecular complexity index is 2240. The Morgan fingerprint density at radius 1 is 0.264 bits per heavy atom. The molecule has 3 aromatic carbocycles. The van der Waals surface area contributed by atoms with Crippen LogP contribution in [0, 0.1) is 0 Å². The van der Waals surface area contributed by atoms with Gasteiger partial charge in [-0.2, -0.15) is 0 Å². The summed E-state index contributed by atoms with van der Waals surface area (Å²) in [6.45, 7) is 8.95. The van der Waals surface area contributed by atoms with Gasteiger partial charge in [0.1, 0.15) is 17.2 Å². The van der Waals surface area contributed by atoms with E-state index in [0.29, 0.717) is 54.6 Å². The maximum atomic E-state index is 6.20. The van der Waals surface area contributed by atoms with E-state index in [2.05, 4.69) is 20.8 Å². The Kier molecular flexibility index (Phi) is 23.5. The lowest BCUT2D eigenvalue weighted by Gasteiger charge is -2.10. The number of nitrogens with zero attached hydrogens (tertiary/aromatic N) is 9. The molecule has 0 aliphatic carbocycles. The number of unbranched alkanes of at least 4 members (excludes halogenated alkanes) is 27. The maximum Gasteiger partial charge on any atom is 0.247 e. The summed E-state index contributed by atoms with van der Waals surface area (Å²) in [6, 6.07) is 24.3. The number of hydrogen-bond donors (Lipinski definition) is 0. The van der Waals surface area contributed by atoms with Gasteiger partial charge in [-0.05, 0) is 92.1 Å². The van der Waals surface area contributed by atoms with Crippen molar-refractivity contribution in [3.05, 3.63) is 72.8 Å². The van der Waals surface area contributed by atoms with Crippen molar-refractivity contribution < 1.29 is 14.2 Å². The number of rotatable bonds is 39. The van der Waals surface area contributed by atoms with E-state index < -0.39 is 0 Å². The van der Waals surface area contributed by atoms with Crippen molar-refractivity contribution in [3.8, 4) is 51.4 Å². The number of hydrogen-bond acceptors (Lipinski definition) is 9. The van der Waals surface area contributed by atoms with Gasteiger partial charge >= 0.3 is 0 Å². The molecule has 0 aliphatic rings.